The molecule has 1 heterocycles. The number of carbonyl (C=O) groups excluding carboxylic acids is 1. The Bertz CT molecular complexity index is 1110. The molecule has 144 valence electrons. The highest BCUT2D eigenvalue weighted by molar-refractivity contribution is 7.99. The van der Waals surface area contributed by atoms with Crippen molar-refractivity contribution in [2.45, 2.75) is 9.92 Å². The van der Waals surface area contributed by atoms with Gasteiger partial charge in [0.1, 0.15) is 10.6 Å². The molecule has 0 atom stereocenters. The van der Waals surface area contributed by atoms with E-state index < -0.39 is 15.9 Å². The van der Waals surface area contributed by atoms with Gasteiger partial charge < -0.3 is 5.73 Å². The quantitative estimate of drug-likeness (QED) is 0.362. The number of hydrogen-bond donors (Lipinski definition) is 2. The number of hydrazone groups is 1. The first-order valence-electron chi connectivity index (χ1n) is 8.06. The van der Waals surface area contributed by atoms with Crippen molar-refractivity contribution in [3.63, 3.8) is 0 Å². The predicted molar refractivity (Wildman–Crippen MR) is 109 cm³/mol. The van der Waals surface area contributed by atoms with Crippen molar-refractivity contribution in [3.05, 3.63) is 71.8 Å². The van der Waals surface area contributed by atoms with Crippen molar-refractivity contribution in [2.24, 2.45) is 5.10 Å². The molecular weight excluding hydrogens is 398 g/mol. The monoisotopic (exact) mass is 415 g/mol. The predicted octanol–water partition coefficient (Wildman–Crippen LogP) is 2.19. The Morgan fingerprint density at radius 2 is 1.75 bits per heavy atom. The lowest BCUT2D eigenvalue weighted by Crippen LogP contribution is -2.20. The molecule has 0 unspecified atom stereocenters. The van der Waals surface area contributed by atoms with Gasteiger partial charge in [-0.15, -0.1) is 20.9 Å². The number of nitrogens with two attached hydrogens (primary N) is 1. The third-order valence-corrected chi connectivity index (χ3v) is 6.18. The van der Waals surface area contributed by atoms with Gasteiger partial charge in [-0.3, -0.25) is 4.79 Å². The molecule has 0 aliphatic heterocycles. The van der Waals surface area contributed by atoms with Crippen LogP contribution in [0.2, 0.25) is 0 Å². The van der Waals surface area contributed by atoms with Crippen LogP contribution in [0.5, 0.6) is 0 Å². The summed E-state index contributed by atoms with van der Waals surface area (Å²) in [7, 11) is -3.99. The van der Waals surface area contributed by atoms with Crippen LogP contribution in [0.4, 0.5) is 5.82 Å². The highest BCUT2D eigenvalue weighted by atomic mass is 32.2. The molecule has 8 nitrogen and oxygen atoms in total. The van der Waals surface area contributed by atoms with Crippen LogP contribution >= 0.6 is 11.8 Å². The lowest BCUT2D eigenvalue weighted by molar-refractivity contribution is 0.0953. The van der Waals surface area contributed by atoms with Crippen LogP contribution in [0.15, 0.2) is 75.7 Å². The maximum atomic E-state index is 12.9. The normalized spacial score (nSPS) is 11.6. The second kappa shape index (κ2) is 8.28. The van der Waals surface area contributed by atoms with Crippen molar-refractivity contribution in [1.82, 2.24) is 14.6 Å². The first kappa shape index (κ1) is 19.6. The van der Waals surface area contributed by atoms with E-state index in [1.807, 2.05) is 30.3 Å². The van der Waals surface area contributed by atoms with Gasteiger partial charge in [0, 0.05) is 0 Å². The van der Waals surface area contributed by atoms with E-state index in [0.29, 0.717) is 0 Å². The summed E-state index contributed by atoms with van der Waals surface area (Å²) in [6, 6.07) is 17.0. The van der Waals surface area contributed by atoms with Gasteiger partial charge in [0.15, 0.2) is 5.82 Å². The number of hydrogen-bond acceptors (Lipinski definition) is 7. The Balaban J connectivity index is 1.93. The molecular formula is C18H17N5O3S2. The summed E-state index contributed by atoms with van der Waals surface area (Å²) in [5.41, 5.74) is 8.96. The highest BCUT2D eigenvalue weighted by Crippen LogP contribution is 2.29. The molecule has 3 aromatic rings. The topological polar surface area (TPSA) is 119 Å². The molecule has 0 bridgehead atoms. The summed E-state index contributed by atoms with van der Waals surface area (Å²) in [6.07, 6.45) is 3.11. The fourth-order valence-electron chi connectivity index (χ4n) is 2.41. The number of carbonyl (C=O) groups is 1. The summed E-state index contributed by atoms with van der Waals surface area (Å²) in [4.78, 5) is 12.6. The van der Waals surface area contributed by atoms with Crippen LogP contribution in [-0.2, 0) is 10.0 Å². The molecule has 0 aliphatic rings. The van der Waals surface area contributed by atoms with Crippen LogP contribution < -0.4 is 11.2 Å². The van der Waals surface area contributed by atoms with E-state index in [4.69, 9.17) is 5.73 Å². The van der Waals surface area contributed by atoms with Gasteiger partial charge in [0.2, 0.25) is 0 Å². The van der Waals surface area contributed by atoms with E-state index in [1.165, 1.54) is 18.3 Å². The molecule has 0 saturated heterocycles. The zero-order chi connectivity index (χ0) is 20.1. The van der Waals surface area contributed by atoms with Crippen molar-refractivity contribution in [2.75, 3.05) is 12.0 Å². The van der Waals surface area contributed by atoms with Crippen LogP contribution in [-0.4, -0.2) is 36.0 Å². The summed E-state index contributed by atoms with van der Waals surface area (Å²) >= 11 is 1.05. The highest BCUT2D eigenvalue weighted by Gasteiger charge is 2.29. The lowest BCUT2D eigenvalue weighted by Gasteiger charge is -2.07. The van der Waals surface area contributed by atoms with E-state index in [0.717, 1.165) is 21.4 Å². The third-order valence-electron chi connectivity index (χ3n) is 3.71. The second-order valence-electron chi connectivity index (χ2n) is 5.54. The number of benzene rings is 2. The maximum absolute atomic E-state index is 12.9. The zero-order valence-electron chi connectivity index (χ0n) is 14.8. The first-order chi connectivity index (χ1) is 13.4. The van der Waals surface area contributed by atoms with Crippen LogP contribution in [0.3, 0.4) is 0 Å². The number of anilines is 1. The van der Waals surface area contributed by atoms with E-state index >= 15 is 0 Å². The molecule has 3 N–H and O–H groups in total. The minimum Gasteiger partial charge on any atom is -0.381 e. The van der Waals surface area contributed by atoms with Crippen molar-refractivity contribution >= 4 is 39.7 Å². The molecule has 3 rings (SSSR count). The number of nitrogens with one attached hydrogen (secondary N) is 1. The summed E-state index contributed by atoms with van der Waals surface area (Å²) in [6.45, 7) is 0. The van der Waals surface area contributed by atoms with Gasteiger partial charge in [0.05, 0.1) is 11.1 Å². The third kappa shape index (κ3) is 3.92. The Hall–Kier alpha value is -3.11. The number of thioether (sulfide) groups is 1. The number of aromatic nitrogens is 2. The van der Waals surface area contributed by atoms with Gasteiger partial charge in [0.25, 0.3) is 15.9 Å². The van der Waals surface area contributed by atoms with Crippen molar-refractivity contribution in [1.29, 1.82) is 0 Å². The molecule has 1 amide bonds. The van der Waals surface area contributed by atoms with E-state index in [2.05, 4.69) is 15.6 Å². The zero-order valence-corrected chi connectivity index (χ0v) is 16.4. The molecule has 0 radical (unpaired) electrons. The SMILES string of the molecule is CSc1c(C(=O)N/N=C/c2ccccc2)c(N)nn1S(=O)(=O)c1ccccc1. The standard InChI is InChI=1S/C18H17N5O3S2/c1-27-18-15(17(24)21-20-12-13-8-4-2-5-9-13)16(19)22-23(18)28(25,26)14-10-6-3-7-11-14/h2-12H,1H3,(H2,19,22)(H,21,24)/b20-12+. The molecule has 0 saturated carbocycles. The fourth-order valence-corrected chi connectivity index (χ4v) is 4.73. The number of rotatable bonds is 6. The van der Waals surface area contributed by atoms with Gasteiger partial charge in [-0.05, 0) is 24.0 Å². The number of amides is 1. The maximum Gasteiger partial charge on any atom is 0.284 e. The van der Waals surface area contributed by atoms with Crippen molar-refractivity contribution < 1.29 is 13.2 Å². The number of nitrogens with zero attached hydrogens (tertiary/aromatic N) is 3. The van der Waals surface area contributed by atoms with Crippen LogP contribution in [0, 0.1) is 0 Å². The van der Waals surface area contributed by atoms with Crippen LogP contribution in [0.1, 0.15) is 15.9 Å². The minimum atomic E-state index is -3.99. The summed E-state index contributed by atoms with van der Waals surface area (Å²) in [5, 5.41) is 7.88. The minimum absolute atomic E-state index is 0.0434. The summed E-state index contributed by atoms with van der Waals surface area (Å²) < 4.78 is 26.5. The largest absolute Gasteiger partial charge is 0.381 e. The van der Waals surface area contributed by atoms with Gasteiger partial charge in [-0.2, -0.15) is 13.5 Å². The molecule has 0 fully saturated rings. The molecule has 1 aromatic heterocycles. The van der Waals surface area contributed by atoms with Crippen molar-refractivity contribution in [3.8, 4) is 0 Å². The molecule has 0 aliphatic carbocycles. The Kier molecular flexibility index (Phi) is 5.81. The molecule has 10 heteroatoms. The number of nitrogen functional groups attached to an aromatic ring is 1. The van der Waals surface area contributed by atoms with E-state index in [1.54, 1.807) is 24.5 Å². The van der Waals surface area contributed by atoms with Gasteiger partial charge >= 0.3 is 0 Å². The van der Waals surface area contributed by atoms with E-state index in [9.17, 15) is 13.2 Å². The smallest absolute Gasteiger partial charge is 0.284 e. The fraction of sp³-hybridized carbons (Fsp3) is 0.0556. The first-order valence-corrected chi connectivity index (χ1v) is 10.7. The Labute approximate surface area is 166 Å². The van der Waals surface area contributed by atoms with Gasteiger partial charge in [-0.1, -0.05) is 48.5 Å². The molecule has 0 spiro atoms. The van der Waals surface area contributed by atoms with Gasteiger partial charge in [-0.25, -0.2) is 5.43 Å². The average Bonchev–Trinajstić information content (AvgIpc) is 3.06. The molecule has 28 heavy (non-hydrogen) atoms. The second-order valence-corrected chi connectivity index (χ2v) is 8.10. The van der Waals surface area contributed by atoms with Crippen LogP contribution in [0.25, 0.3) is 0 Å². The molecule has 2 aromatic carbocycles. The Morgan fingerprint density at radius 3 is 2.36 bits per heavy atom. The summed E-state index contributed by atoms with van der Waals surface area (Å²) in [5.74, 6) is -0.847. The van der Waals surface area contributed by atoms with E-state index in [-0.39, 0.29) is 21.3 Å². The average molecular weight is 416 g/mol. The Morgan fingerprint density at radius 1 is 1.14 bits per heavy atom. The lowest BCUT2D eigenvalue weighted by atomic mass is 10.2.